The van der Waals surface area contributed by atoms with Gasteiger partial charge in [0.15, 0.2) is 5.13 Å². The van der Waals surface area contributed by atoms with Crippen molar-refractivity contribution in [3.05, 3.63) is 81.1 Å². The summed E-state index contributed by atoms with van der Waals surface area (Å²) in [6, 6.07) is 9.25. The maximum atomic E-state index is 13.7. The van der Waals surface area contributed by atoms with Crippen molar-refractivity contribution in [2.24, 2.45) is 0 Å². The molecule has 2 aliphatic heterocycles. The lowest BCUT2D eigenvalue weighted by Crippen LogP contribution is -2.29. The maximum absolute atomic E-state index is 13.7. The van der Waals surface area contributed by atoms with Crippen molar-refractivity contribution in [3.63, 3.8) is 0 Å². The van der Waals surface area contributed by atoms with Gasteiger partial charge in [0.1, 0.15) is 28.3 Å². The van der Waals surface area contributed by atoms with Crippen LogP contribution in [0.5, 0.6) is 5.75 Å². The van der Waals surface area contributed by atoms with Crippen molar-refractivity contribution >= 4 is 39.9 Å². The van der Waals surface area contributed by atoms with Crippen molar-refractivity contribution in [2.75, 3.05) is 12.0 Å². The van der Waals surface area contributed by atoms with Gasteiger partial charge in [-0.2, -0.15) is 0 Å². The number of carbonyl (C=O) groups is 3. The monoisotopic (exact) mass is 508 g/mol. The number of aromatic nitrogens is 1. The number of methoxy groups -OCH3 is 1. The molecule has 1 amide bonds. The number of anilines is 1. The number of aryl methyl sites for hydroxylation is 1. The predicted molar refractivity (Wildman–Crippen MR) is 130 cm³/mol. The molecule has 1 saturated heterocycles. The third-order valence-electron chi connectivity index (χ3n) is 6.16. The van der Waals surface area contributed by atoms with Crippen LogP contribution in [0.3, 0.4) is 0 Å². The van der Waals surface area contributed by atoms with Crippen LogP contribution in [0.2, 0.25) is 0 Å². The number of carbonyl (C=O) groups excluding carboxylic acids is 3. The number of hydrogen-bond donors (Lipinski definition) is 1. The highest BCUT2D eigenvalue weighted by molar-refractivity contribution is 7.17. The van der Waals surface area contributed by atoms with Gasteiger partial charge in [-0.25, -0.2) is 14.2 Å². The zero-order valence-corrected chi connectivity index (χ0v) is 20.4. The zero-order chi connectivity index (χ0) is 25.7. The molecule has 1 fully saturated rings. The van der Waals surface area contributed by atoms with Gasteiger partial charge in [-0.15, -0.1) is 0 Å². The second kappa shape index (κ2) is 8.87. The molecular formula is C26H21FN2O6S. The van der Waals surface area contributed by atoms with E-state index in [1.165, 1.54) is 31.4 Å². The standard InChI is InChI=1S/C26H21FN2O6S/c1-12-10-16-11-15(6-9-18(16)35-12)21(30)19-20(14-4-7-17(27)8-5-14)29(24(32)22(19)31)26-28-13(2)23(36-26)25(33)34-3/h4-9,11-12,20,30H,10H2,1-3H3/t12-,20+/m0/s1. The third kappa shape index (κ3) is 3.83. The van der Waals surface area contributed by atoms with E-state index in [-0.39, 0.29) is 27.4 Å². The highest BCUT2D eigenvalue weighted by Gasteiger charge is 2.48. The van der Waals surface area contributed by atoms with Gasteiger partial charge in [0.2, 0.25) is 0 Å². The largest absolute Gasteiger partial charge is 0.507 e. The van der Waals surface area contributed by atoms with E-state index < -0.39 is 29.5 Å². The summed E-state index contributed by atoms with van der Waals surface area (Å²) >= 11 is 0.895. The fourth-order valence-electron chi connectivity index (χ4n) is 4.48. The average Bonchev–Trinajstić information content (AvgIpc) is 3.50. The number of thiazole rings is 1. The van der Waals surface area contributed by atoms with Gasteiger partial charge in [-0.1, -0.05) is 23.5 Å². The highest BCUT2D eigenvalue weighted by Crippen LogP contribution is 2.44. The normalized spacial score (nSPS) is 20.4. The third-order valence-corrected chi connectivity index (χ3v) is 7.30. The molecule has 2 aliphatic rings. The number of benzene rings is 2. The Hall–Kier alpha value is -4.05. The fraction of sp³-hybridized carbons (Fsp3) is 0.231. The Balaban J connectivity index is 1.68. The number of amides is 1. The molecule has 0 saturated carbocycles. The number of hydrogen-bond acceptors (Lipinski definition) is 8. The molecule has 1 aromatic heterocycles. The topological polar surface area (TPSA) is 106 Å². The molecule has 2 atom stereocenters. The molecule has 3 heterocycles. The second-order valence-electron chi connectivity index (χ2n) is 8.58. The van der Waals surface area contributed by atoms with E-state index in [0.29, 0.717) is 29.0 Å². The lowest BCUT2D eigenvalue weighted by molar-refractivity contribution is -0.132. The minimum atomic E-state index is -1.09. The fourth-order valence-corrected chi connectivity index (χ4v) is 5.49. The van der Waals surface area contributed by atoms with Crippen molar-refractivity contribution in [3.8, 4) is 5.75 Å². The summed E-state index contributed by atoms with van der Waals surface area (Å²) in [5, 5.41) is 11.4. The van der Waals surface area contributed by atoms with Crippen LogP contribution >= 0.6 is 11.3 Å². The molecule has 36 heavy (non-hydrogen) atoms. The molecule has 5 rings (SSSR count). The number of ketones is 1. The first-order valence-electron chi connectivity index (χ1n) is 11.1. The smallest absolute Gasteiger partial charge is 0.350 e. The van der Waals surface area contributed by atoms with Crippen LogP contribution in [0, 0.1) is 12.7 Å². The minimum Gasteiger partial charge on any atom is -0.507 e. The number of rotatable bonds is 4. The Bertz CT molecular complexity index is 1450. The van der Waals surface area contributed by atoms with E-state index in [1.807, 2.05) is 6.92 Å². The summed E-state index contributed by atoms with van der Waals surface area (Å²) < 4.78 is 24.2. The lowest BCUT2D eigenvalue weighted by atomic mass is 9.94. The molecule has 0 unspecified atom stereocenters. The Labute approximate surface area is 209 Å². The number of esters is 1. The summed E-state index contributed by atoms with van der Waals surface area (Å²) in [6.45, 7) is 3.52. The first kappa shape index (κ1) is 23.7. The first-order valence-corrected chi connectivity index (χ1v) is 11.9. The molecule has 184 valence electrons. The number of fused-ring (bicyclic) bond motifs is 1. The molecule has 2 aromatic carbocycles. The average molecular weight is 509 g/mol. The lowest BCUT2D eigenvalue weighted by Gasteiger charge is -2.23. The second-order valence-corrected chi connectivity index (χ2v) is 9.56. The van der Waals surface area contributed by atoms with Gasteiger partial charge < -0.3 is 14.6 Å². The van der Waals surface area contributed by atoms with E-state index in [0.717, 1.165) is 21.8 Å². The molecule has 0 bridgehead atoms. The van der Waals surface area contributed by atoms with Crippen LogP contribution < -0.4 is 9.64 Å². The van der Waals surface area contributed by atoms with Gasteiger partial charge in [-0.3, -0.25) is 14.5 Å². The Morgan fingerprint density at radius 1 is 1.22 bits per heavy atom. The number of ether oxygens (including phenoxy) is 2. The SMILES string of the molecule is COC(=O)c1sc(N2C(=O)C(=O)C(=C(O)c3ccc4c(c3)C[C@H](C)O4)[C@H]2c2ccc(F)cc2)nc1C. The summed E-state index contributed by atoms with van der Waals surface area (Å²) in [7, 11) is 1.23. The van der Waals surface area contributed by atoms with Gasteiger partial charge in [-0.05, 0) is 55.3 Å². The molecule has 3 aromatic rings. The van der Waals surface area contributed by atoms with Crippen LogP contribution in [0.1, 0.15) is 45.0 Å². The van der Waals surface area contributed by atoms with E-state index in [4.69, 9.17) is 9.47 Å². The number of Topliss-reactive ketones (excluding diaryl/α,β-unsaturated/α-hetero) is 1. The predicted octanol–water partition coefficient (Wildman–Crippen LogP) is 4.33. The first-order chi connectivity index (χ1) is 17.2. The molecule has 0 spiro atoms. The Kier molecular flexibility index (Phi) is 5.83. The van der Waals surface area contributed by atoms with Gasteiger partial charge in [0.25, 0.3) is 5.78 Å². The van der Waals surface area contributed by atoms with Gasteiger partial charge in [0, 0.05) is 12.0 Å². The Morgan fingerprint density at radius 2 is 1.94 bits per heavy atom. The van der Waals surface area contributed by atoms with E-state index in [1.54, 1.807) is 25.1 Å². The summed E-state index contributed by atoms with van der Waals surface area (Å²) in [5.41, 5.74) is 1.78. The molecule has 0 aliphatic carbocycles. The summed E-state index contributed by atoms with van der Waals surface area (Å²) in [6.07, 6.45) is 0.625. The quantitative estimate of drug-likeness (QED) is 0.242. The van der Waals surface area contributed by atoms with Crippen molar-refractivity contribution in [2.45, 2.75) is 32.4 Å². The van der Waals surface area contributed by atoms with Gasteiger partial charge in [0.05, 0.1) is 24.4 Å². The molecule has 1 N–H and O–H groups in total. The number of nitrogens with zero attached hydrogens (tertiary/aromatic N) is 2. The Morgan fingerprint density at radius 3 is 2.64 bits per heavy atom. The summed E-state index contributed by atoms with van der Waals surface area (Å²) in [4.78, 5) is 44.4. The molecule has 0 radical (unpaired) electrons. The van der Waals surface area contributed by atoms with Crippen LogP contribution in [-0.2, 0) is 20.7 Å². The van der Waals surface area contributed by atoms with Crippen LogP contribution in [-0.4, -0.2) is 41.0 Å². The van der Waals surface area contributed by atoms with Crippen LogP contribution in [0.15, 0.2) is 48.0 Å². The van der Waals surface area contributed by atoms with Crippen molar-refractivity contribution < 1.29 is 33.4 Å². The van der Waals surface area contributed by atoms with E-state index in [2.05, 4.69) is 4.98 Å². The van der Waals surface area contributed by atoms with Crippen LogP contribution in [0.4, 0.5) is 9.52 Å². The van der Waals surface area contributed by atoms with Crippen molar-refractivity contribution in [1.29, 1.82) is 0 Å². The van der Waals surface area contributed by atoms with Gasteiger partial charge >= 0.3 is 11.9 Å². The zero-order valence-electron chi connectivity index (χ0n) is 19.6. The molecule has 8 nitrogen and oxygen atoms in total. The van der Waals surface area contributed by atoms with Crippen LogP contribution in [0.25, 0.3) is 5.76 Å². The number of halogens is 1. The number of aliphatic hydroxyl groups is 1. The van der Waals surface area contributed by atoms with E-state index >= 15 is 0 Å². The number of aliphatic hydroxyl groups excluding tert-OH is 1. The summed E-state index contributed by atoms with van der Waals surface area (Å²) in [5.74, 6) is -2.63. The minimum absolute atomic E-state index is 0.0145. The maximum Gasteiger partial charge on any atom is 0.350 e. The van der Waals surface area contributed by atoms with Crippen molar-refractivity contribution in [1.82, 2.24) is 4.98 Å². The molecule has 10 heteroatoms. The molecular weight excluding hydrogens is 487 g/mol. The highest BCUT2D eigenvalue weighted by atomic mass is 32.1. The van der Waals surface area contributed by atoms with E-state index in [9.17, 15) is 23.9 Å².